The van der Waals surface area contributed by atoms with Gasteiger partial charge in [-0.25, -0.2) is 4.21 Å². The summed E-state index contributed by atoms with van der Waals surface area (Å²) in [6.07, 6.45) is 0. The Bertz CT molecular complexity index is 874. The lowest BCUT2D eigenvalue weighted by Crippen LogP contribution is -2.04. The van der Waals surface area contributed by atoms with Gasteiger partial charge in [0.25, 0.3) is 0 Å². The van der Waals surface area contributed by atoms with Crippen molar-refractivity contribution >= 4 is 45.9 Å². The quantitative estimate of drug-likeness (QED) is 0.741. The number of nitrogens with zero attached hydrogens (tertiary/aromatic N) is 3. The summed E-state index contributed by atoms with van der Waals surface area (Å²) in [5.74, 6) is 0.137. The topological polar surface area (TPSA) is 99.8 Å². The number of anilines is 2. The Balaban J connectivity index is 2.08. The van der Waals surface area contributed by atoms with E-state index in [1.807, 2.05) is 6.07 Å². The fourth-order valence-corrected chi connectivity index (χ4v) is 4.05. The molecule has 23 heavy (non-hydrogen) atoms. The van der Waals surface area contributed by atoms with E-state index in [1.165, 1.54) is 4.68 Å². The second-order valence-corrected chi connectivity index (χ2v) is 6.79. The highest BCUT2D eigenvalue weighted by atomic mass is 35.5. The van der Waals surface area contributed by atoms with Crippen LogP contribution in [0.15, 0.2) is 52.3 Å². The molecule has 0 bridgehead atoms. The third kappa shape index (κ3) is 3.03. The van der Waals surface area contributed by atoms with Crippen LogP contribution in [0.2, 0.25) is 10.0 Å². The number of nitrogens with two attached hydrogens (primary N) is 2. The maximum Gasteiger partial charge on any atom is 0.241 e. The second kappa shape index (κ2) is 6.19. The lowest BCUT2D eigenvalue weighted by Gasteiger charge is -2.10. The largest absolute Gasteiger partial charge is 0.368 e. The number of aromatic nitrogens is 3. The van der Waals surface area contributed by atoms with Crippen LogP contribution >= 0.6 is 23.2 Å². The molecule has 0 saturated carbocycles. The van der Waals surface area contributed by atoms with Gasteiger partial charge in [0.05, 0.1) is 31.4 Å². The first-order valence-electron chi connectivity index (χ1n) is 6.41. The number of benzene rings is 2. The summed E-state index contributed by atoms with van der Waals surface area (Å²) in [6, 6.07) is 12.0. The molecule has 0 fully saturated rings. The van der Waals surface area contributed by atoms with Crippen LogP contribution in [0, 0.1) is 0 Å². The van der Waals surface area contributed by atoms with Crippen molar-refractivity contribution in [3.05, 3.63) is 52.5 Å². The normalized spacial score (nSPS) is 12.3. The van der Waals surface area contributed by atoms with E-state index in [2.05, 4.69) is 10.1 Å². The van der Waals surface area contributed by atoms with Gasteiger partial charge in [-0.2, -0.15) is 9.67 Å². The molecule has 1 unspecified atom stereocenters. The molecule has 3 aromatic rings. The van der Waals surface area contributed by atoms with E-state index < -0.39 is 10.8 Å². The van der Waals surface area contributed by atoms with Gasteiger partial charge in [0.15, 0.2) is 0 Å². The number of hydrogen-bond acceptors (Lipinski definition) is 5. The molecule has 0 radical (unpaired) electrons. The summed E-state index contributed by atoms with van der Waals surface area (Å²) in [7, 11) is -1.50. The van der Waals surface area contributed by atoms with E-state index in [-0.39, 0.29) is 21.9 Å². The van der Waals surface area contributed by atoms with Crippen molar-refractivity contribution < 1.29 is 4.21 Å². The smallest absolute Gasteiger partial charge is 0.241 e. The first-order valence-corrected chi connectivity index (χ1v) is 8.32. The summed E-state index contributed by atoms with van der Waals surface area (Å²) in [5.41, 5.74) is 11.7. The molecule has 0 aliphatic rings. The highest BCUT2D eigenvalue weighted by molar-refractivity contribution is 7.85. The Labute approximate surface area is 144 Å². The first kappa shape index (κ1) is 15.8. The monoisotopic (exact) mass is 367 g/mol. The summed E-state index contributed by atoms with van der Waals surface area (Å²) < 4.78 is 14.0. The zero-order valence-electron chi connectivity index (χ0n) is 11.6. The van der Waals surface area contributed by atoms with Crippen LogP contribution in [0.25, 0.3) is 5.69 Å². The van der Waals surface area contributed by atoms with Crippen LogP contribution in [0.3, 0.4) is 0 Å². The number of nitrogen functional groups attached to an aromatic ring is 2. The highest BCUT2D eigenvalue weighted by Gasteiger charge is 2.18. The summed E-state index contributed by atoms with van der Waals surface area (Å²) >= 11 is 12.6. The van der Waals surface area contributed by atoms with E-state index in [0.717, 1.165) is 0 Å². The fourth-order valence-electron chi connectivity index (χ4n) is 2.04. The number of halogens is 2. The Morgan fingerprint density at radius 2 is 1.65 bits per heavy atom. The molecule has 1 atom stereocenters. The number of rotatable bonds is 3. The summed E-state index contributed by atoms with van der Waals surface area (Å²) in [6.45, 7) is 0. The van der Waals surface area contributed by atoms with Crippen LogP contribution < -0.4 is 11.5 Å². The summed E-state index contributed by atoms with van der Waals surface area (Å²) in [4.78, 5) is 4.75. The minimum absolute atomic E-state index is 0.0340. The zero-order chi connectivity index (χ0) is 16.6. The Hall–Kier alpha value is -2.09. The van der Waals surface area contributed by atoms with Gasteiger partial charge in [-0.3, -0.25) is 0 Å². The molecule has 0 saturated heterocycles. The molecule has 3 rings (SSSR count). The minimum Gasteiger partial charge on any atom is -0.368 e. The van der Waals surface area contributed by atoms with Crippen LogP contribution in [-0.4, -0.2) is 19.0 Å². The van der Waals surface area contributed by atoms with Crippen molar-refractivity contribution in [2.75, 3.05) is 11.5 Å². The van der Waals surface area contributed by atoms with Crippen molar-refractivity contribution in [1.29, 1.82) is 0 Å². The Kier molecular flexibility index (Phi) is 4.25. The van der Waals surface area contributed by atoms with Crippen LogP contribution in [0.1, 0.15) is 0 Å². The number of hydrogen-bond donors (Lipinski definition) is 2. The average molecular weight is 368 g/mol. The average Bonchev–Trinajstić information content (AvgIpc) is 2.86. The molecule has 0 spiro atoms. The zero-order valence-corrected chi connectivity index (χ0v) is 13.9. The van der Waals surface area contributed by atoms with Gasteiger partial charge in [-0.15, -0.1) is 5.10 Å². The van der Waals surface area contributed by atoms with Gasteiger partial charge in [0.2, 0.25) is 11.9 Å². The maximum absolute atomic E-state index is 12.7. The molecule has 118 valence electrons. The van der Waals surface area contributed by atoms with Crippen LogP contribution in [-0.2, 0) is 10.8 Å². The van der Waals surface area contributed by atoms with Crippen molar-refractivity contribution in [2.45, 2.75) is 9.79 Å². The van der Waals surface area contributed by atoms with Gasteiger partial charge in [-0.05, 0) is 24.3 Å². The molecule has 1 heterocycles. The Morgan fingerprint density at radius 3 is 2.17 bits per heavy atom. The van der Waals surface area contributed by atoms with Crippen LogP contribution in [0.4, 0.5) is 11.9 Å². The molecule has 6 nitrogen and oxygen atoms in total. The summed E-state index contributed by atoms with van der Waals surface area (Å²) in [5, 5.41) is 4.44. The van der Waals surface area contributed by atoms with E-state index in [4.69, 9.17) is 34.7 Å². The molecule has 0 aliphatic carbocycles. The molecule has 2 aromatic carbocycles. The van der Waals surface area contributed by atoms with Gasteiger partial charge in [0.1, 0.15) is 0 Å². The molecule has 1 aromatic heterocycles. The fraction of sp³-hybridized carbons (Fsp3) is 0. The first-order chi connectivity index (χ1) is 11.0. The van der Waals surface area contributed by atoms with Gasteiger partial charge in [0, 0.05) is 4.90 Å². The second-order valence-electron chi connectivity index (χ2n) is 4.56. The predicted octanol–water partition coefficient (Wildman–Crippen LogP) is 2.91. The van der Waals surface area contributed by atoms with E-state index in [1.54, 1.807) is 36.4 Å². The van der Waals surface area contributed by atoms with Gasteiger partial charge in [-0.1, -0.05) is 41.4 Å². The van der Waals surface area contributed by atoms with Crippen molar-refractivity contribution in [3.8, 4) is 5.69 Å². The van der Waals surface area contributed by atoms with Gasteiger partial charge >= 0.3 is 0 Å². The lowest BCUT2D eigenvalue weighted by atomic mass is 10.3. The van der Waals surface area contributed by atoms with Crippen molar-refractivity contribution in [2.24, 2.45) is 0 Å². The maximum atomic E-state index is 12.7. The molecule has 4 N–H and O–H groups in total. The Morgan fingerprint density at radius 1 is 1.04 bits per heavy atom. The molecule has 9 heteroatoms. The van der Waals surface area contributed by atoms with Crippen molar-refractivity contribution in [1.82, 2.24) is 14.8 Å². The standard InChI is InChI=1S/C14H11Cl2N5OS/c15-10-6-8(21-14(18)19-13(17)20-21)7-11(16)12(10)23(22)9-4-2-1-3-5-9/h1-7H,(H4,17,18,19,20). The molecule has 0 aliphatic heterocycles. The van der Waals surface area contributed by atoms with E-state index in [0.29, 0.717) is 15.5 Å². The van der Waals surface area contributed by atoms with E-state index in [9.17, 15) is 4.21 Å². The minimum atomic E-state index is -1.50. The lowest BCUT2D eigenvalue weighted by molar-refractivity contribution is 0.683. The van der Waals surface area contributed by atoms with Gasteiger partial charge < -0.3 is 11.5 Å². The van der Waals surface area contributed by atoms with Crippen LogP contribution in [0.5, 0.6) is 0 Å². The molecule has 0 amide bonds. The third-order valence-corrected chi connectivity index (χ3v) is 5.35. The highest BCUT2D eigenvalue weighted by Crippen LogP contribution is 2.34. The van der Waals surface area contributed by atoms with Crippen molar-refractivity contribution in [3.63, 3.8) is 0 Å². The third-order valence-electron chi connectivity index (χ3n) is 3.02. The predicted molar refractivity (Wildman–Crippen MR) is 91.3 cm³/mol. The van der Waals surface area contributed by atoms with E-state index >= 15 is 0 Å². The SMILES string of the molecule is Nc1nc(N)n(-c2cc(Cl)c(S(=O)c3ccccc3)c(Cl)c2)n1. The molecular formula is C14H11Cl2N5OS. The molecular weight excluding hydrogens is 357 g/mol.